The first-order valence-electron chi connectivity index (χ1n) is 6.21. The Hall–Kier alpha value is -2.23. The second-order valence-electron chi connectivity index (χ2n) is 4.54. The van der Waals surface area contributed by atoms with Crippen molar-refractivity contribution < 1.29 is 4.79 Å². The molecule has 0 fully saturated rings. The van der Waals surface area contributed by atoms with Crippen LogP contribution in [0.1, 0.15) is 28.4 Å². The third-order valence-electron chi connectivity index (χ3n) is 3.09. The van der Waals surface area contributed by atoms with Crippen molar-refractivity contribution in [2.75, 3.05) is 0 Å². The molecule has 0 N–H and O–H groups in total. The van der Waals surface area contributed by atoms with Crippen LogP contribution in [0.4, 0.5) is 0 Å². The van der Waals surface area contributed by atoms with E-state index in [0.717, 1.165) is 11.1 Å². The predicted octanol–water partition coefficient (Wildman–Crippen LogP) is 2.36. The van der Waals surface area contributed by atoms with Gasteiger partial charge in [-0.25, -0.2) is 4.68 Å². The Labute approximate surface area is 111 Å². The van der Waals surface area contributed by atoms with E-state index in [0.29, 0.717) is 18.5 Å². The maximum absolute atomic E-state index is 11.8. The van der Waals surface area contributed by atoms with Crippen molar-refractivity contribution in [1.82, 2.24) is 9.78 Å². The zero-order valence-electron chi connectivity index (χ0n) is 11.3. The molecule has 2 aromatic rings. The van der Waals surface area contributed by atoms with E-state index in [9.17, 15) is 9.59 Å². The first-order valence-corrected chi connectivity index (χ1v) is 6.21. The number of aromatic nitrogens is 2. The number of hydrogen-bond acceptors (Lipinski definition) is 3. The van der Waals surface area contributed by atoms with E-state index in [1.54, 1.807) is 6.07 Å². The zero-order valence-corrected chi connectivity index (χ0v) is 11.3. The summed E-state index contributed by atoms with van der Waals surface area (Å²) in [4.78, 5) is 22.8. The Morgan fingerprint density at radius 1 is 1.26 bits per heavy atom. The van der Waals surface area contributed by atoms with Crippen LogP contribution in [0, 0.1) is 13.8 Å². The lowest BCUT2D eigenvalue weighted by molar-refractivity contribution is 0.112. The van der Waals surface area contributed by atoms with Gasteiger partial charge in [0.2, 0.25) is 0 Å². The number of carbonyl (C=O) groups excluding carboxylic acids is 1. The molecule has 0 saturated carbocycles. The molecule has 4 nitrogen and oxygen atoms in total. The fourth-order valence-corrected chi connectivity index (χ4v) is 2.09. The van der Waals surface area contributed by atoms with E-state index < -0.39 is 0 Å². The molecular weight excluding hydrogens is 240 g/mol. The number of nitrogens with zero attached hydrogens (tertiary/aromatic N) is 2. The number of hydrogen-bond donors (Lipinski definition) is 0. The molecule has 1 aromatic carbocycles. The van der Waals surface area contributed by atoms with Gasteiger partial charge in [0.05, 0.1) is 11.3 Å². The number of aldehydes is 1. The minimum absolute atomic E-state index is 0.145. The minimum atomic E-state index is -0.342. The normalized spacial score (nSPS) is 10.5. The molecule has 1 heterocycles. The number of rotatable bonds is 3. The van der Waals surface area contributed by atoms with Crippen molar-refractivity contribution in [3.05, 3.63) is 51.3 Å². The summed E-state index contributed by atoms with van der Waals surface area (Å²) in [7, 11) is 0. The summed E-state index contributed by atoms with van der Waals surface area (Å²) in [6.45, 7) is 6.28. The third-order valence-corrected chi connectivity index (χ3v) is 3.09. The summed E-state index contributed by atoms with van der Waals surface area (Å²) >= 11 is 0. The monoisotopic (exact) mass is 256 g/mol. The highest BCUT2D eigenvalue weighted by molar-refractivity contribution is 5.77. The van der Waals surface area contributed by atoms with Crippen LogP contribution in [0.15, 0.2) is 29.1 Å². The van der Waals surface area contributed by atoms with E-state index >= 15 is 0 Å². The van der Waals surface area contributed by atoms with Crippen LogP contribution >= 0.6 is 0 Å². The Morgan fingerprint density at radius 2 is 2.00 bits per heavy atom. The summed E-state index contributed by atoms with van der Waals surface area (Å²) in [5.74, 6) is 0. The van der Waals surface area contributed by atoms with Crippen molar-refractivity contribution in [1.29, 1.82) is 0 Å². The van der Waals surface area contributed by atoms with Crippen molar-refractivity contribution in [2.24, 2.45) is 0 Å². The van der Waals surface area contributed by atoms with Crippen LogP contribution in [0.5, 0.6) is 0 Å². The van der Waals surface area contributed by atoms with Gasteiger partial charge in [-0.05, 0) is 32.4 Å². The number of benzene rings is 1. The van der Waals surface area contributed by atoms with Crippen LogP contribution < -0.4 is 5.56 Å². The fourth-order valence-electron chi connectivity index (χ4n) is 2.09. The first kappa shape index (κ1) is 13.2. The molecule has 2 rings (SSSR count). The molecule has 0 bridgehead atoms. The van der Waals surface area contributed by atoms with E-state index in [2.05, 4.69) is 11.2 Å². The summed E-state index contributed by atoms with van der Waals surface area (Å²) in [5.41, 5.74) is 3.64. The Bertz CT molecular complexity index is 687. The summed E-state index contributed by atoms with van der Waals surface area (Å²) in [5, 5.41) is 4.31. The number of carbonyl (C=O) groups is 1. The molecular formula is C15H16N2O2. The summed E-state index contributed by atoms with van der Waals surface area (Å²) < 4.78 is 1.32. The lowest BCUT2D eigenvalue weighted by atomic mass is 10.0. The maximum atomic E-state index is 11.8. The molecule has 0 saturated heterocycles. The van der Waals surface area contributed by atoms with E-state index in [1.165, 1.54) is 10.2 Å². The molecule has 0 spiro atoms. The largest absolute Gasteiger partial charge is 0.298 e. The van der Waals surface area contributed by atoms with Gasteiger partial charge >= 0.3 is 0 Å². The molecule has 0 amide bonds. The summed E-state index contributed by atoms with van der Waals surface area (Å²) in [6.07, 6.45) is 0.587. The smallest absolute Gasteiger partial charge is 0.277 e. The lowest BCUT2D eigenvalue weighted by Crippen LogP contribution is -2.25. The second-order valence-corrected chi connectivity index (χ2v) is 4.54. The van der Waals surface area contributed by atoms with Gasteiger partial charge in [0, 0.05) is 12.1 Å². The molecule has 0 atom stereocenters. The van der Waals surface area contributed by atoms with Crippen molar-refractivity contribution in [2.45, 2.75) is 27.3 Å². The fraction of sp³-hybridized carbons (Fsp3) is 0.267. The van der Waals surface area contributed by atoms with Crippen molar-refractivity contribution in [3.63, 3.8) is 0 Å². The molecule has 98 valence electrons. The Balaban J connectivity index is 2.68. The highest BCUT2D eigenvalue weighted by Crippen LogP contribution is 2.21. The standard InChI is InChI=1S/C15H16N2O2/c1-4-17-15(19)12(9-18)8-14(16-17)13-6-5-10(2)7-11(13)3/h5-9H,4H2,1-3H3. The van der Waals surface area contributed by atoms with Gasteiger partial charge in [-0.2, -0.15) is 5.10 Å². The van der Waals surface area contributed by atoms with Crippen LogP contribution in [-0.4, -0.2) is 16.1 Å². The van der Waals surface area contributed by atoms with Gasteiger partial charge < -0.3 is 0 Å². The van der Waals surface area contributed by atoms with Gasteiger partial charge in [0.25, 0.3) is 5.56 Å². The first-order chi connectivity index (χ1) is 9.06. The van der Waals surface area contributed by atoms with Crippen molar-refractivity contribution >= 4 is 6.29 Å². The van der Waals surface area contributed by atoms with Gasteiger partial charge in [-0.1, -0.05) is 23.8 Å². The molecule has 0 unspecified atom stereocenters. The average molecular weight is 256 g/mol. The number of aryl methyl sites for hydroxylation is 3. The van der Waals surface area contributed by atoms with Gasteiger partial charge in [0.15, 0.2) is 6.29 Å². The van der Waals surface area contributed by atoms with Crippen LogP contribution in [-0.2, 0) is 6.54 Å². The van der Waals surface area contributed by atoms with E-state index in [4.69, 9.17) is 0 Å². The SMILES string of the molecule is CCn1nc(-c2ccc(C)cc2C)cc(C=O)c1=O. The highest BCUT2D eigenvalue weighted by atomic mass is 16.1. The van der Waals surface area contributed by atoms with Crippen molar-refractivity contribution in [3.8, 4) is 11.3 Å². The topological polar surface area (TPSA) is 52.0 Å². The molecule has 0 aliphatic carbocycles. The molecule has 19 heavy (non-hydrogen) atoms. The molecule has 4 heteroatoms. The lowest BCUT2D eigenvalue weighted by Gasteiger charge is -2.09. The molecule has 1 aromatic heterocycles. The maximum Gasteiger partial charge on any atom is 0.277 e. The van der Waals surface area contributed by atoms with E-state index in [-0.39, 0.29) is 11.1 Å². The van der Waals surface area contributed by atoms with Crippen LogP contribution in [0.25, 0.3) is 11.3 Å². The van der Waals surface area contributed by atoms with Crippen LogP contribution in [0.2, 0.25) is 0 Å². The zero-order chi connectivity index (χ0) is 14.0. The average Bonchev–Trinajstić information content (AvgIpc) is 2.39. The van der Waals surface area contributed by atoms with Gasteiger partial charge in [0.1, 0.15) is 0 Å². The summed E-state index contributed by atoms with van der Waals surface area (Å²) in [6, 6.07) is 7.57. The van der Waals surface area contributed by atoms with Crippen LogP contribution in [0.3, 0.4) is 0 Å². The second kappa shape index (κ2) is 5.18. The van der Waals surface area contributed by atoms with Gasteiger partial charge in [-0.3, -0.25) is 9.59 Å². The van der Waals surface area contributed by atoms with E-state index in [1.807, 2.05) is 32.9 Å². The predicted molar refractivity (Wildman–Crippen MR) is 74.5 cm³/mol. The molecule has 0 aliphatic rings. The molecule has 0 radical (unpaired) electrons. The quantitative estimate of drug-likeness (QED) is 0.792. The molecule has 0 aliphatic heterocycles. The highest BCUT2D eigenvalue weighted by Gasteiger charge is 2.10. The van der Waals surface area contributed by atoms with Gasteiger partial charge in [-0.15, -0.1) is 0 Å². The third kappa shape index (κ3) is 2.47. The Morgan fingerprint density at radius 3 is 2.58 bits per heavy atom. The minimum Gasteiger partial charge on any atom is -0.298 e. The Kier molecular flexibility index (Phi) is 3.60.